The number of aromatic amines is 1. The first-order valence-electron chi connectivity index (χ1n) is 14.0. The summed E-state index contributed by atoms with van der Waals surface area (Å²) in [6.45, 7) is 15.1. The van der Waals surface area contributed by atoms with Crippen molar-refractivity contribution in [2.75, 3.05) is 26.2 Å². The smallest absolute Gasteiger partial charge is 0.354 e. The van der Waals surface area contributed by atoms with E-state index >= 15 is 0 Å². The average molecular weight is 526 g/mol. The summed E-state index contributed by atoms with van der Waals surface area (Å²) in [6, 6.07) is 13.0. The van der Waals surface area contributed by atoms with Gasteiger partial charge in [-0.05, 0) is 95.3 Å². The number of rotatable bonds is 8. The van der Waals surface area contributed by atoms with Crippen molar-refractivity contribution in [3.63, 3.8) is 0 Å². The van der Waals surface area contributed by atoms with Gasteiger partial charge in [0, 0.05) is 42.3 Å². The zero-order valence-electron chi connectivity index (χ0n) is 24.2. The highest BCUT2D eigenvalue weighted by atomic mass is 16.2. The number of carbonyl (C=O) groups excluding carboxylic acids is 1. The molecule has 7 heteroatoms. The SMILES string of the molecule is CCN(CC)C(=O)C(C)(C)c1ccc2[nH]c(-c3cc(C)cc(C)c3)c(CCN=C(NC#N)[N+]3=CCCC3)c2c1. The molecule has 1 aromatic heterocycles. The van der Waals surface area contributed by atoms with Gasteiger partial charge in [-0.3, -0.25) is 4.79 Å². The first-order valence-corrected chi connectivity index (χ1v) is 14.0. The van der Waals surface area contributed by atoms with E-state index < -0.39 is 5.41 Å². The number of carbonyl (C=O) groups is 1. The highest BCUT2D eigenvalue weighted by molar-refractivity contribution is 5.94. The van der Waals surface area contributed by atoms with Crippen LogP contribution >= 0.6 is 0 Å². The van der Waals surface area contributed by atoms with E-state index in [0.717, 1.165) is 47.1 Å². The van der Waals surface area contributed by atoms with Crippen molar-refractivity contribution in [2.24, 2.45) is 4.99 Å². The lowest BCUT2D eigenvalue weighted by Gasteiger charge is -2.31. The molecule has 0 radical (unpaired) electrons. The van der Waals surface area contributed by atoms with Gasteiger partial charge in [0.15, 0.2) is 0 Å². The number of benzene rings is 2. The summed E-state index contributed by atoms with van der Waals surface area (Å²) < 4.78 is 2.03. The van der Waals surface area contributed by atoms with Gasteiger partial charge in [-0.25, -0.2) is 4.58 Å². The van der Waals surface area contributed by atoms with E-state index in [1.807, 2.05) is 43.4 Å². The van der Waals surface area contributed by atoms with Gasteiger partial charge in [0.2, 0.25) is 5.91 Å². The number of nitriles is 1. The molecule has 0 unspecified atom stereocenters. The first kappa shape index (κ1) is 28.1. The van der Waals surface area contributed by atoms with E-state index in [1.54, 1.807) is 0 Å². The van der Waals surface area contributed by atoms with Gasteiger partial charge >= 0.3 is 5.96 Å². The summed E-state index contributed by atoms with van der Waals surface area (Å²) in [6.07, 6.45) is 6.89. The molecule has 0 saturated carbocycles. The van der Waals surface area contributed by atoms with Gasteiger partial charge in [-0.15, -0.1) is 4.99 Å². The van der Waals surface area contributed by atoms with Gasteiger partial charge in [-0.2, -0.15) is 10.6 Å². The van der Waals surface area contributed by atoms with Crippen LogP contribution in [-0.2, 0) is 16.6 Å². The lowest BCUT2D eigenvalue weighted by atomic mass is 9.82. The summed E-state index contributed by atoms with van der Waals surface area (Å²) in [5, 5.41) is 13.2. The van der Waals surface area contributed by atoms with Crippen LogP contribution < -0.4 is 5.32 Å². The van der Waals surface area contributed by atoms with Gasteiger partial charge in [0.05, 0.1) is 12.0 Å². The van der Waals surface area contributed by atoms with Crippen LogP contribution in [0, 0.1) is 25.3 Å². The summed E-state index contributed by atoms with van der Waals surface area (Å²) >= 11 is 0. The molecule has 39 heavy (non-hydrogen) atoms. The van der Waals surface area contributed by atoms with Crippen LogP contribution in [0.5, 0.6) is 0 Å². The molecule has 1 amide bonds. The van der Waals surface area contributed by atoms with Gasteiger partial charge in [-0.1, -0.05) is 23.3 Å². The monoisotopic (exact) mass is 525 g/mol. The second-order valence-corrected chi connectivity index (χ2v) is 10.9. The lowest BCUT2D eigenvalue weighted by Crippen LogP contribution is -2.43. The number of H-pyrrole nitrogens is 1. The maximum Gasteiger partial charge on any atom is 0.400 e. The molecule has 3 aromatic rings. The lowest BCUT2D eigenvalue weighted by molar-refractivity contribution is -0.397. The molecule has 0 spiro atoms. The Hall–Kier alpha value is -3.92. The third-order valence-electron chi connectivity index (χ3n) is 7.74. The highest BCUT2D eigenvalue weighted by Gasteiger charge is 2.33. The minimum Gasteiger partial charge on any atom is -0.354 e. The van der Waals surface area contributed by atoms with E-state index in [4.69, 9.17) is 4.99 Å². The van der Waals surface area contributed by atoms with Crippen molar-refractivity contribution in [2.45, 2.75) is 66.2 Å². The molecule has 0 bridgehead atoms. The zero-order valence-corrected chi connectivity index (χ0v) is 24.2. The number of fused-ring (bicyclic) bond motifs is 1. The number of nitrogens with zero attached hydrogens (tertiary/aromatic N) is 4. The van der Waals surface area contributed by atoms with Crippen molar-refractivity contribution in [3.05, 3.63) is 58.7 Å². The van der Waals surface area contributed by atoms with Crippen molar-refractivity contribution < 1.29 is 9.37 Å². The normalized spacial score (nSPS) is 13.9. The molecule has 0 saturated heterocycles. The number of aromatic nitrogens is 1. The van der Waals surface area contributed by atoms with Crippen molar-refractivity contribution in [1.82, 2.24) is 15.2 Å². The Morgan fingerprint density at radius 2 is 1.87 bits per heavy atom. The molecule has 1 aliphatic rings. The van der Waals surface area contributed by atoms with Crippen molar-refractivity contribution in [1.29, 1.82) is 5.26 Å². The van der Waals surface area contributed by atoms with E-state index in [0.29, 0.717) is 32.0 Å². The highest BCUT2D eigenvalue weighted by Crippen LogP contribution is 2.35. The quantitative estimate of drug-likeness (QED) is 0.135. The van der Waals surface area contributed by atoms with Crippen LogP contribution in [0.25, 0.3) is 22.2 Å². The third kappa shape index (κ3) is 5.90. The number of likely N-dealkylation sites (N-methyl/N-ethyl adjacent to an activating group) is 1. The van der Waals surface area contributed by atoms with Crippen LogP contribution in [0.2, 0.25) is 0 Å². The Morgan fingerprint density at radius 1 is 1.15 bits per heavy atom. The topological polar surface area (TPSA) is 87.3 Å². The van der Waals surface area contributed by atoms with Crippen molar-refractivity contribution >= 4 is 29.0 Å². The molecule has 0 aliphatic carbocycles. The van der Waals surface area contributed by atoms with Gasteiger partial charge in [0.25, 0.3) is 6.19 Å². The first-order chi connectivity index (χ1) is 18.7. The van der Waals surface area contributed by atoms with E-state index in [2.05, 4.69) is 66.8 Å². The standard InChI is InChI=1S/C32H41N6O/c1-7-37(8-2)30(39)32(5,6)25-11-12-28-27(20-25)26(29(36-28)24-18-22(3)17-23(4)19-24)13-14-34-31(35-21-33)38-15-9-10-16-38/h11-12,15,17-20,36H,7-10,13-14,16H2,1-6H3,(H,34,35)/q+1. The fourth-order valence-electron chi connectivity index (χ4n) is 5.61. The molecule has 2 aromatic carbocycles. The molecule has 0 atom stereocenters. The van der Waals surface area contributed by atoms with Gasteiger partial charge < -0.3 is 9.88 Å². The van der Waals surface area contributed by atoms with E-state index in [1.165, 1.54) is 16.7 Å². The Morgan fingerprint density at radius 3 is 2.49 bits per heavy atom. The predicted molar refractivity (Wildman–Crippen MR) is 159 cm³/mol. The minimum absolute atomic E-state index is 0.136. The maximum atomic E-state index is 13.4. The predicted octanol–water partition coefficient (Wildman–Crippen LogP) is 5.44. The minimum atomic E-state index is -0.650. The number of guanidine groups is 1. The molecule has 0 fully saturated rings. The van der Waals surface area contributed by atoms with Gasteiger partial charge in [0.1, 0.15) is 6.54 Å². The fraction of sp³-hybridized carbons (Fsp3) is 0.438. The second-order valence-electron chi connectivity index (χ2n) is 10.9. The molecule has 1 aliphatic heterocycles. The molecular formula is C32H41N6O+. The summed E-state index contributed by atoms with van der Waals surface area (Å²) in [4.78, 5) is 23.8. The summed E-state index contributed by atoms with van der Waals surface area (Å²) in [5.41, 5.74) is 7.22. The van der Waals surface area contributed by atoms with Crippen molar-refractivity contribution in [3.8, 4) is 17.5 Å². The number of aryl methyl sites for hydroxylation is 2. The number of amides is 1. The van der Waals surface area contributed by atoms with E-state index in [9.17, 15) is 10.1 Å². The molecule has 2 N–H and O–H groups in total. The van der Waals surface area contributed by atoms with Crippen LogP contribution in [0.3, 0.4) is 0 Å². The molecule has 204 valence electrons. The summed E-state index contributed by atoms with van der Waals surface area (Å²) in [5.74, 6) is 0.742. The number of hydrogen-bond acceptors (Lipinski definition) is 3. The largest absolute Gasteiger partial charge is 0.400 e. The van der Waals surface area contributed by atoms with Crippen LogP contribution in [0.1, 0.15) is 62.8 Å². The summed E-state index contributed by atoms with van der Waals surface area (Å²) in [7, 11) is 0. The molecule has 4 rings (SSSR count). The second kappa shape index (κ2) is 11.9. The number of nitrogens with one attached hydrogen (secondary N) is 2. The number of aliphatic imine (C=N–C) groups is 1. The maximum absolute atomic E-state index is 13.4. The third-order valence-corrected chi connectivity index (χ3v) is 7.74. The molecular weight excluding hydrogens is 484 g/mol. The fourth-order valence-corrected chi connectivity index (χ4v) is 5.61. The Balaban J connectivity index is 1.80. The van der Waals surface area contributed by atoms with Crippen LogP contribution in [-0.4, -0.2) is 58.7 Å². The Bertz CT molecular complexity index is 1450. The Kier molecular flexibility index (Phi) is 8.54. The average Bonchev–Trinajstić information content (AvgIpc) is 3.56. The van der Waals surface area contributed by atoms with E-state index in [-0.39, 0.29) is 5.91 Å². The van der Waals surface area contributed by atoms with Crippen LogP contribution in [0.15, 0.2) is 41.4 Å². The molecule has 7 nitrogen and oxygen atoms in total. The molecule has 2 heterocycles. The van der Waals surface area contributed by atoms with Crippen LogP contribution in [0.4, 0.5) is 0 Å². The zero-order chi connectivity index (χ0) is 28.2. The Labute approximate surface area is 232 Å². The number of hydrogen-bond donors (Lipinski definition) is 2.